The highest BCUT2D eigenvalue weighted by Crippen LogP contribution is 2.09. The lowest BCUT2D eigenvalue weighted by Gasteiger charge is -2.22. The predicted octanol–water partition coefficient (Wildman–Crippen LogP) is 1.13. The molecule has 1 amide bonds. The number of carbonyl (C=O) groups excluding carboxylic acids is 1. The lowest BCUT2D eigenvalue weighted by molar-refractivity contribution is 0.0788. The first-order valence-electron chi connectivity index (χ1n) is 6.53. The molecule has 0 spiro atoms. The smallest absolute Gasteiger partial charge is 0.255 e. The largest absolute Gasteiger partial charge is 0.342 e. The van der Waals surface area contributed by atoms with Crippen LogP contribution in [-0.2, 0) is 0 Å². The maximum atomic E-state index is 12.2. The lowest BCUT2D eigenvalue weighted by atomic mass is 10.0. The van der Waals surface area contributed by atoms with Crippen LogP contribution in [0.25, 0.3) is 0 Å². The number of aromatic nitrogens is 1. The summed E-state index contributed by atoms with van der Waals surface area (Å²) in [6, 6.07) is 1.52. The summed E-state index contributed by atoms with van der Waals surface area (Å²) in [6.07, 6.45) is 2.24. The first kappa shape index (κ1) is 15.4. The van der Waals surface area contributed by atoms with E-state index in [1.807, 2.05) is 0 Å². The van der Waals surface area contributed by atoms with E-state index >= 15 is 0 Å². The van der Waals surface area contributed by atoms with Crippen LogP contribution in [0.4, 0.5) is 0 Å². The van der Waals surface area contributed by atoms with Crippen molar-refractivity contribution in [3.8, 4) is 0 Å². The highest BCUT2D eigenvalue weighted by molar-refractivity contribution is 5.95. The SMILES string of the molecule is Cc1cc(=O)[nH]cc1C(=O)N(C)CCC(N)C(C)C. The van der Waals surface area contributed by atoms with Crippen LogP contribution >= 0.6 is 0 Å². The lowest BCUT2D eigenvalue weighted by Crippen LogP contribution is -2.35. The van der Waals surface area contributed by atoms with E-state index in [-0.39, 0.29) is 17.5 Å². The summed E-state index contributed by atoms with van der Waals surface area (Å²) in [5, 5.41) is 0. The van der Waals surface area contributed by atoms with Crippen molar-refractivity contribution in [3.05, 3.63) is 33.7 Å². The Bertz CT molecular complexity index is 494. The van der Waals surface area contributed by atoms with Gasteiger partial charge >= 0.3 is 0 Å². The van der Waals surface area contributed by atoms with Crippen molar-refractivity contribution < 1.29 is 4.79 Å². The summed E-state index contributed by atoms with van der Waals surface area (Å²) in [7, 11) is 1.75. The van der Waals surface area contributed by atoms with E-state index in [0.29, 0.717) is 23.6 Å². The molecule has 0 saturated carbocycles. The van der Waals surface area contributed by atoms with Crippen LogP contribution in [-0.4, -0.2) is 35.4 Å². The van der Waals surface area contributed by atoms with Gasteiger partial charge in [-0.1, -0.05) is 13.8 Å². The molecule has 1 heterocycles. The van der Waals surface area contributed by atoms with Gasteiger partial charge in [0, 0.05) is 31.9 Å². The topological polar surface area (TPSA) is 79.2 Å². The number of aromatic amines is 1. The van der Waals surface area contributed by atoms with Crippen molar-refractivity contribution in [1.29, 1.82) is 0 Å². The molecular formula is C14H23N3O2. The summed E-state index contributed by atoms with van der Waals surface area (Å²) < 4.78 is 0. The molecule has 1 aromatic heterocycles. The number of nitrogens with one attached hydrogen (secondary N) is 1. The molecule has 1 unspecified atom stereocenters. The molecule has 19 heavy (non-hydrogen) atoms. The molecule has 1 atom stereocenters. The maximum absolute atomic E-state index is 12.2. The number of hydrogen-bond acceptors (Lipinski definition) is 3. The molecule has 0 aromatic carbocycles. The van der Waals surface area contributed by atoms with Crippen molar-refractivity contribution in [1.82, 2.24) is 9.88 Å². The van der Waals surface area contributed by atoms with Gasteiger partial charge in [0.2, 0.25) is 5.56 Å². The minimum Gasteiger partial charge on any atom is -0.342 e. The average molecular weight is 265 g/mol. The van der Waals surface area contributed by atoms with Gasteiger partial charge in [-0.15, -0.1) is 0 Å². The van der Waals surface area contributed by atoms with Crippen LogP contribution in [0.1, 0.15) is 36.2 Å². The normalized spacial score (nSPS) is 12.5. The van der Waals surface area contributed by atoms with Crippen LogP contribution < -0.4 is 11.3 Å². The van der Waals surface area contributed by atoms with Gasteiger partial charge in [0.15, 0.2) is 0 Å². The van der Waals surface area contributed by atoms with Crippen molar-refractivity contribution in [3.63, 3.8) is 0 Å². The predicted molar refractivity (Wildman–Crippen MR) is 76.2 cm³/mol. The van der Waals surface area contributed by atoms with Crippen LogP contribution in [0, 0.1) is 12.8 Å². The summed E-state index contributed by atoms with van der Waals surface area (Å²) in [5.74, 6) is 0.308. The molecule has 0 aliphatic carbocycles. The molecule has 1 aromatic rings. The Labute approximate surface area is 113 Å². The molecule has 0 radical (unpaired) electrons. The van der Waals surface area contributed by atoms with Crippen LogP contribution in [0.2, 0.25) is 0 Å². The third-order valence-electron chi connectivity index (χ3n) is 3.36. The minimum absolute atomic E-state index is 0.0897. The average Bonchev–Trinajstić information content (AvgIpc) is 2.34. The van der Waals surface area contributed by atoms with Crippen LogP contribution in [0.15, 0.2) is 17.1 Å². The van der Waals surface area contributed by atoms with E-state index in [1.165, 1.54) is 12.3 Å². The molecule has 0 fully saturated rings. The molecule has 0 aliphatic rings. The summed E-state index contributed by atoms with van der Waals surface area (Å²) >= 11 is 0. The molecule has 3 N–H and O–H groups in total. The molecular weight excluding hydrogens is 242 g/mol. The second kappa shape index (κ2) is 6.52. The van der Waals surface area contributed by atoms with Gasteiger partial charge in [-0.3, -0.25) is 9.59 Å². The van der Waals surface area contributed by atoms with Gasteiger partial charge in [-0.25, -0.2) is 0 Å². The van der Waals surface area contributed by atoms with E-state index in [9.17, 15) is 9.59 Å². The number of nitrogens with zero attached hydrogens (tertiary/aromatic N) is 1. The number of carbonyl (C=O) groups is 1. The van der Waals surface area contributed by atoms with Gasteiger partial charge in [0.1, 0.15) is 0 Å². The third kappa shape index (κ3) is 4.21. The van der Waals surface area contributed by atoms with Crippen molar-refractivity contribution >= 4 is 5.91 Å². The van der Waals surface area contributed by atoms with Crippen molar-refractivity contribution in [2.45, 2.75) is 33.2 Å². The maximum Gasteiger partial charge on any atom is 0.255 e. The van der Waals surface area contributed by atoms with Crippen molar-refractivity contribution in [2.75, 3.05) is 13.6 Å². The molecule has 0 aliphatic heterocycles. The van der Waals surface area contributed by atoms with Gasteiger partial charge in [0.05, 0.1) is 5.56 Å². The number of nitrogens with two attached hydrogens (primary N) is 1. The first-order valence-corrected chi connectivity index (χ1v) is 6.53. The number of H-pyrrole nitrogens is 1. The second-order valence-electron chi connectivity index (χ2n) is 5.32. The summed E-state index contributed by atoms with van der Waals surface area (Å²) in [4.78, 5) is 27.5. The molecule has 106 valence electrons. The Morgan fingerprint density at radius 3 is 2.63 bits per heavy atom. The number of rotatable bonds is 5. The number of aryl methyl sites for hydroxylation is 1. The van der Waals surface area contributed by atoms with E-state index in [1.54, 1.807) is 18.9 Å². The fourth-order valence-electron chi connectivity index (χ4n) is 1.79. The Hall–Kier alpha value is -1.62. The van der Waals surface area contributed by atoms with E-state index in [2.05, 4.69) is 18.8 Å². The first-order chi connectivity index (χ1) is 8.82. The Balaban J connectivity index is 2.69. The zero-order chi connectivity index (χ0) is 14.6. The van der Waals surface area contributed by atoms with Crippen LogP contribution in [0.5, 0.6) is 0 Å². The van der Waals surface area contributed by atoms with E-state index in [4.69, 9.17) is 5.73 Å². The Kier molecular flexibility index (Phi) is 5.30. The molecule has 1 rings (SSSR count). The quantitative estimate of drug-likeness (QED) is 0.837. The van der Waals surface area contributed by atoms with E-state index < -0.39 is 0 Å². The fraction of sp³-hybridized carbons (Fsp3) is 0.571. The summed E-state index contributed by atoms with van der Waals surface area (Å²) in [6.45, 7) is 6.50. The van der Waals surface area contributed by atoms with Gasteiger partial charge in [-0.2, -0.15) is 0 Å². The third-order valence-corrected chi connectivity index (χ3v) is 3.36. The number of amides is 1. The monoisotopic (exact) mass is 265 g/mol. The molecule has 5 heteroatoms. The second-order valence-corrected chi connectivity index (χ2v) is 5.32. The Morgan fingerprint density at radius 2 is 2.11 bits per heavy atom. The number of hydrogen-bond donors (Lipinski definition) is 2. The highest BCUT2D eigenvalue weighted by atomic mass is 16.2. The highest BCUT2D eigenvalue weighted by Gasteiger charge is 2.16. The summed E-state index contributed by atoms with van der Waals surface area (Å²) in [5.41, 5.74) is 6.99. The molecule has 0 saturated heterocycles. The van der Waals surface area contributed by atoms with Gasteiger partial charge in [-0.05, 0) is 24.8 Å². The minimum atomic E-state index is -0.196. The zero-order valence-corrected chi connectivity index (χ0v) is 12.1. The standard InChI is InChI=1S/C14H23N3O2/c1-9(2)12(15)5-6-17(4)14(19)11-8-16-13(18)7-10(11)3/h7-9,12H,5-6,15H2,1-4H3,(H,16,18). The van der Waals surface area contributed by atoms with Gasteiger partial charge in [0.25, 0.3) is 5.91 Å². The van der Waals surface area contributed by atoms with Crippen LogP contribution in [0.3, 0.4) is 0 Å². The Morgan fingerprint density at radius 1 is 1.47 bits per heavy atom. The fourth-order valence-corrected chi connectivity index (χ4v) is 1.79. The van der Waals surface area contributed by atoms with Gasteiger partial charge < -0.3 is 15.6 Å². The number of pyridine rings is 1. The van der Waals surface area contributed by atoms with Crippen molar-refractivity contribution in [2.24, 2.45) is 11.7 Å². The van der Waals surface area contributed by atoms with E-state index in [0.717, 1.165) is 6.42 Å². The zero-order valence-electron chi connectivity index (χ0n) is 12.1. The molecule has 0 bridgehead atoms. The molecule has 5 nitrogen and oxygen atoms in total.